The van der Waals surface area contributed by atoms with E-state index < -0.39 is 0 Å². The van der Waals surface area contributed by atoms with Crippen molar-refractivity contribution in [2.24, 2.45) is 7.05 Å². The Labute approximate surface area is 126 Å². The zero-order valence-electron chi connectivity index (χ0n) is 11.5. The molecule has 20 heavy (non-hydrogen) atoms. The molecule has 108 valence electrons. The third-order valence-corrected chi connectivity index (χ3v) is 4.85. The van der Waals surface area contributed by atoms with E-state index in [2.05, 4.69) is 22.3 Å². The Balaban J connectivity index is 1.68. The number of aryl methyl sites for hydroxylation is 1. The van der Waals surface area contributed by atoms with E-state index in [0.29, 0.717) is 10.5 Å². The van der Waals surface area contributed by atoms with Crippen molar-refractivity contribution >= 4 is 22.9 Å². The number of rotatable bonds is 4. The molecule has 1 fully saturated rings. The quantitative estimate of drug-likeness (QED) is 0.942. The summed E-state index contributed by atoms with van der Waals surface area (Å²) in [5.41, 5.74) is 2.33. The van der Waals surface area contributed by atoms with Crippen LogP contribution >= 0.6 is 22.9 Å². The molecule has 2 aromatic heterocycles. The number of nitrogens with one attached hydrogen (secondary N) is 1. The van der Waals surface area contributed by atoms with E-state index in [0.717, 1.165) is 30.1 Å². The van der Waals surface area contributed by atoms with Gasteiger partial charge in [0, 0.05) is 48.6 Å². The van der Waals surface area contributed by atoms with Gasteiger partial charge in [-0.2, -0.15) is 5.10 Å². The van der Waals surface area contributed by atoms with Gasteiger partial charge in [0.2, 0.25) is 0 Å². The first-order valence-electron chi connectivity index (χ1n) is 6.59. The fraction of sp³-hybridized carbons (Fsp3) is 0.538. The Hall–Kier alpha value is -0.950. The fourth-order valence-electron chi connectivity index (χ4n) is 2.50. The molecular formula is C13H17ClN4OS. The zero-order valence-corrected chi connectivity index (χ0v) is 13.0. The van der Waals surface area contributed by atoms with Crippen LogP contribution in [-0.2, 0) is 18.3 Å². The Morgan fingerprint density at radius 1 is 1.55 bits per heavy atom. The molecule has 0 radical (unpaired) electrons. The third kappa shape index (κ3) is 2.74. The van der Waals surface area contributed by atoms with Gasteiger partial charge in [-0.3, -0.25) is 4.68 Å². The Morgan fingerprint density at radius 3 is 3.05 bits per heavy atom. The van der Waals surface area contributed by atoms with Crippen LogP contribution in [0.3, 0.4) is 0 Å². The second-order valence-electron chi connectivity index (χ2n) is 4.96. The maximum Gasteiger partial charge on any atom is 0.183 e. The maximum atomic E-state index is 5.89. The predicted molar refractivity (Wildman–Crippen MR) is 79.0 cm³/mol. The van der Waals surface area contributed by atoms with Crippen LogP contribution < -0.4 is 5.32 Å². The van der Waals surface area contributed by atoms with Crippen molar-refractivity contribution in [1.82, 2.24) is 20.1 Å². The highest BCUT2D eigenvalue weighted by molar-refractivity contribution is 7.15. The highest BCUT2D eigenvalue weighted by Crippen LogP contribution is 2.31. The molecule has 3 rings (SSSR count). The molecule has 5 nitrogen and oxygen atoms in total. The molecule has 0 saturated carbocycles. The van der Waals surface area contributed by atoms with Gasteiger partial charge in [0.25, 0.3) is 0 Å². The molecule has 0 bridgehead atoms. The SMILES string of the molecule is Cc1c([C@H]2OCC[C@@H]2NCc2cnc(Cl)s2)cnn1C. The number of thiazole rings is 1. The molecule has 7 heteroatoms. The van der Waals surface area contributed by atoms with E-state index in [1.165, 1.54) is 16.9 Å². The van der Waals surface area contributed by atoms with E-state index in [1.54, 1.807) is 0 Å². The van der Waals surface area contributed by atoms with Gasteiger partial charge >= 0.3 is 0 Å². The summed E-state index contributed by atoms with van der Waals surface area (Å²) in [6, 6.07) is 0.304. The minimum absolute atomic E-state index is 0.0760. The highest BCUT2D eigenvalue weighted by Gasteiger charge is 2.31. The molecule has 0 amide bonds. The topological polar surface area (TPSA) is 52.0 Å². The number of hydrogen-bond acceptors (Lipinski definition) is 5. The number of ether oxygens (including phenoxy) is 1. The average molecular weight is 313 g/mol. The van der Waals surface area contributed by atoms with Crippen molar-refractivity contribution in [3.05, 3.63) is 33.0 Å². The molecule has 0 unspecified atom stereocenters. The molecule has 0 aromatic carbocycles. The van der Waals surface area contributed by atoms with Gasteiger partial charge in [0.1, 0.15) is 6.10 Å². The van der Waals surface area contributed by atoms with Crippen LogP contribution in [0.15, 0.2) is 12.4 Å². The van der Waals surface area contributed by atoms with Crippen LogP contribution in [0.1, 0.15) is 28.7 Å². The standard InChI is InChI=1S/C13H17ClN4OS/c1-8-10(7-17-18(8)2)12-11(3-4-19-12)15-5-9-6-16-13(14)20-9/h6-7,11-12,15H,3-5H2,1-2H3/t11-,12+/m0/s1. The Morgan fingerprint density at radius 2 is 2.40 bits per heavy atom. The number of aromatic nitrogens is 3. The summed E-state index contributed by atoms with van der Waals surface area (Å²) in [7, 11) is 1.95. The smallest absolute Gasteiger partial charge is 0.183 e. The van der Waals surface area contributed by atoms with E-state index >= 15 is 0 Å². The lowest BCUT2D eigenvalue weighted by molar-refractivity contribution is 0.0979. The summed E-state index contributed by atoms with van der Waals surface area (Å²) < 4.78 is 8.36. The van der Waals surface area contributed by atoms with Gasteiger partial charge in [0.05, 0.1) is 6.20 Å². The predicted octanol–water partition coefficient (Wildman–Crippen LogP) is 2.46. The summed E-state index contributed by atoms with van der Waals surface area (Å²) in [4.78, 5) is 5.20. The molecule has 1 saturated heterocycles. The first-order chi connectivity index (χ1) is 9.65. The molecule has 1 aliphatic rings. The van der Waals surface area contributed by atoms with Crippen molar-refractivity contribution in [2.45, 2.75) is 32.0 Å². The third-order valence-electron chi connectivity index (χ3n) is 3.74. The van der Waals surface area contributed by atoms with Gasteiger partial charge in [-0.05, 0) is 13.3 Å². The molecule has 3 heterocycles. The van der Waals surface area contributed by atoms with Gasteiger partial charge in [-0.15, -0.1) is 11.3 Å². The van der Waals surface area contributed by atoms with Crippen molar-refractivity contribution in [3.63, 3.8) is 0 Å². The summed E-state index contributed by atoms with van der Waals surface area (Å²) >= 11 is 7.36. The molecular weight excluding hydrogens is 296 g/mol. The van der Waals surface area contributed by atoms with E-state index in [-0.39, 0.29) is 6.10 Å². The molecule has 2 aromatic rings. The first-order valence-corrected chi connectivity index (χ1v) is 7.78. The van der Waals surface area contributed by atoms with Crippen molar-refractivity contribution in [2.75, 3.05) is 6.61 Å². The first kappa shape index (κ1) is 14.0. The number of halogens is 1. The summed E-state index contributed by atoms with van der Waals surface area (Å²) in [5.74, 6) is 0. The second kappa shape index (κ2) is 5.81. The lowest BCUT2D eigenvalue weighted by atomic mass is 10.0. The lowest BCUT2D eigenvalue weighted by Gasteiger charge is -2.19. The van der Waals surface area contributed by atoms with Crippen LogP contribution in [-0.4, -0.2) is 27.4 Å². The Kier molecular flexibility index (Phi) is 4.07. The highest BCUT2D eigenvalue weighted by atomic mass is 35.5. The number of hydrogen-bond donors (Lipinski definition) is 1. The van der Waals surface area contributed by atoms with Crippen molar-refractivity contribution < 1.29 is 4.74 Å². The van der Waals surface area contributed by atoms with Crippen molar-refractivity contribution in [3.8, 4) is 0 Å². The van der Waals surface area contributed by atoms with Gasteiger partial charge < -0.3 is 10.1 Å². The van der Waals surface area contributed by atoms with Crippen LogP contribution in [0.25, 0.3) is 0 Å². The lowest BCUT2D eigenvalue weighted by Crippen LogP contribution is -2.31. The minimum Gasteiger partial charge on any atom is -0.372 e. The fourth-order valence-corrected chi connectivity index (χ4v) is 3.43. The van der Waals surface area contributed by atoms with Crippen LogP contribution in [0.4, 0.5) is 0 Å². The van der Waals surface area contributed by atoms with Gasteiger partial charge in [-0.25, -0.2) is 4.98 Å². The summed E-state index contributed by atoms with van der Waals surface area (Å²) in [6.07, 6.45) is 4.81. The van der Waals surface area contributed by atoms with Crippen LogP contribution in [0, 0.1) is 6.92 Å². The van der Waals surface area contributed by atoms with Crippen molar-refractivity contribution in [1.29, 1.82) is 0 Å². The molecule has 1 aliphatic heterocycles. The van der Waals surface area contributed by atoms with Gasteiger partial charge in [0.15, 0.2) is 4.47 Å². The normalized spacial score (nSPS) is 22.6. The maximum absolute atomic E-state index is 5.89. The zero-order chi connectivity index (χ0) is 14.1. The van der Waals surface area contributed by atoms with E-state index in [9.17, 15) is 0 Å². The van der Waals surface area contributed by atoms with E-state index in [4.69, 9.17) is 16.3 Å². The van der Waals surface area contributed by atoms with E-state index in [1.807, 2.05) is 24.1 Å². The van der Waals surface area contributed by atoms with Gasteiger partial charge in [-0.1, -0.05) is 11.6 Å². The Bertz CT molecular complexity index is 597. The molecule has 0 spiro atoms. The largest absolute Gasteiger partial charge is 0.372 e. The monoisotopic (exact) mass is 312 g/mol. The minimum atomic E-state index is 0.0760. The molecule has 2 atom stereocenters. The average Bonchev–Trinajstić information content (AvgIpc) is 3.11. The molecule has 1 N–H and O–H groups in total. The van der Waals surface area contributed by atoms with Crippen LogP contribution in [0.5, 0.6) is 0 Å². The molecule has 0 aliphatic carbocycles. The number of nitrogens with zero attached hydrogens (tertiary/aromatic N) is 3. The second-order valence-corrected chi connectivity index (χ2v) is 6.65. The summed E-state index contributed by atoms with van der Waals surface area (Å²) in [6.45, 7) is 3.62. The van der Waals surface area contributed by atoms with Crippen LogP contribution in [0.2, 0.25) is 4.47 Å². The summed E-state index contributed by atoms with van der Waals surface area (Å²) in [5, 5.41) is 7.85.